The third kappa shape index (κ3) is 5.32. The molecule has 0 radical (unpaired) electrons. The number of hydrogen-bond acceptors (Lipinski definition) is 5. The van der Waals surface area contributed by atoms with Crippen LogP contribution in [-0.4, -0.2) is 55.9 Å². The first-order valence-electron chi connectivity index (χ1n) is 11.9. The number of H-pyrrole nitrogens is 1. The summed E-state index contributed by atoms with van der Waals surface area (Å²) in [4.78, 5) is 31.4. The second-order valence-electron chi connectivity index (χ2n) is 9.29. The van der Waals surface area contributed by atoms with Crippen LogP contribution in [0.4, 0.5) is 17.6 Å². The summed E-state index contributed by atoms with van der Waals surface area (Å²) in [7, 11) is 0. The Bertz CT molecular complexity index is 1280. The normalized spacial score (nSPS) is 20.3. The third-order valence-corrected chi connectivity index (χ3v) is 6.69. The number of nitrogens with zero attached hydrogens (tertiary/aromatic N) is 4. The van der Waals surface area contributed by atoms with Gasteiger partial charge >= 0.3 is 0 Å². The molecule has 0 bridgehead atoms. The van der Waals surface area contributed by atoms with E-state index >= 15 is 0 Å². The van der Waals surface area contributed by atoms with Crippen molar-refractivity contribution >= 4 is 11.8 Å². The minimum atomic E-state index is -2.95. The van der Waals surface area contributed by atoms with Gasteiger partial charge in [-0.25, -0.2) is 18.2 Å². The third-order valence-electron chi connectivity index (χ3n) is 6.69. The maximum absolute atomic E-state index is 14.8. The van der Waals surface area contributed by atoms with Gasteiger partial charge < -0.3 is 10.2 Å². The first-order chi connectivity index (χ1) is 17.8. The van der Waals surface area contributed by atoms with Crippen LogP contribution in [0, 0.1) is 5.95 Å². The van der Waals surface area contributed by atoms with E-state index in [4.69, 9.17) is 0 Å². The zero-order valence-corrected chi connectivity index (χ0v) is 19.6. The fourth-order valence-electron chi connectivity index (χ4n) is 4.65. The van der Waals surface area contributed by atoms with E-state index in [1.165, 1.54) is 0 Å². The quantitative estimate of drug-likeness (QED) is 0.352. The van der Waals surface area contributed by atoms with Crippen molar-refractivity contribution in [1.82, 2.24) is 30.6 Å². The molecule has 8 nitrogen and oxygen atoms in total. The minimum Gasteiger partial charge on any atom is -0.342 e. The molecule has 194 valence electrons. The van der Waals surface area contributed by atoms with Crippen molar-refractivity contribution in [2.24, 2.45) is 0 Å². The van der Waals surface area contributed by atoms with Crippen molar-refractivity contribution in [1.29, 1.82) is 0 Å². The SMILES string of the molecule is O=C(N[C@@H](c1ccccc1)c1ccc(C2CC2)c(F)n1)[C@@H]1C[C@@H](F)CN1C(=O)Cc1[nH]nnc1C(F)F. The van der Waals surface area contributed by atoms with Crippen molar-refractivity contribution in [2.45, 2.75) is 56.3 Å². The number of aromatic amines is 1. The molecule has 1 aliphatic heterocycles. The molecular formula is C25H24F4N6O2. The highest BCUT2D eigenvalue weighted by atomic mass is 19.3. The van der Waals surface area contributed by atoms with E-state index in [2.05, 4.69) is 25.7 Å². The van der Waals surface area contributed by atoms with E-state index < -0.39 is 54.6 Å². The first kappa shape index (κ1) is 24.8. The second-order valence-corrected chi connectivity index (χ2v) is 9.29. The number of carbonyl (C=O) groups is 2. The van der Waals surface area contributed by atoms with Crippen LogP contribution in [0.5, 0.6) is 0 Å². The Morgan fingerprint density at radius 2 is 1.89 bits per heavy atom. The standard InChI is InChI=1S/C25H24F4N6O2/c26-15-10-19(35(12-15)20(36)11-18-22(23(27)28)33-34-32-18)25(37)31-21(14-4-2-1-3-5-14)17-9-8-16(13-6-7-13)24(29)30-17/h1-5,8-9,13,15,19,21,23H,6-7,10-12H2,(H,31,37)(H,32,33,34)/t15-,19+,21+/m1/s1. The summed E-state index contributed by atoms with van der Waals surface area (Å²) in [5.74, 6) is -1.82. The average molecular weight is 516 g/mol. The Hall–Kier alpha value is -3.83. The predicted octanol–water partition coefficient (Wildman–Crippen LogP) is 3.54. The van der Waals surface area contributed by atoms with Crippen molar-refractivity contribution in [2.75, 3.05) is 6.54 Å². The lowest BCUT2D eigenvalue weighted by Crippen LogP contribution is -2.47. The van der Waals surface area contributed by atoms with Crippen LogP contribution in [0.25, 0.3) is 0 Å². The molecule has 2 aliphatic rings. The van der Waals surface area contributed by atoms with Gasteiger partial charge in [0.25, 0.3) is 6.43 Å². The summed E-state index contributed by atoms with van der Waals surface area (Å²) in [6.07, 6.45) is -3.41. The van der Waals surface area contributed by atoms with E-state index in [9.17, 15) is 27.2 Å². The lowest BCUT2D eigenvalue weighted by molar-refractivity contribution is -0.138. The predicted molar refractivity (Wildman–Crippen MR) is 123 cm³/mol. The van der Waals surface area contributed by atoms with Crippen LogP contribution in [0.15, 0.2) is 42.5 Å². The lowest BCUT2D eigenvalue weighted by atomic mass is 10.0. The van der Waals surface area contributed by atoms with Crippen molar-refractivity contribution in [3.8, 4) is 0 Å². The number of likely N-dealkylation sites (tertiary alicyclic amines) is 1. The van der Waals surface area contributed by atoms with Crippen LogP contribution >= 0.6 is 0 Å². The highest BCUT2D eigenvalue weighted by Crippen LogP contribution is 2.41. The van der Waals surface area contributed by atoms with E-state index in [1.54, 1.807) is 42.5 Å². The molecule has 2 fully saturated rings. The highest BCUT2D eigenvalue weighted by molar-refractivity contribution is 5.89. The molecule has 1 saturated carbocycles. The number of aromatic nitrogens is 4. The molecule has 2 amide bonds. The molecule has 12 heteroatoms. The Kier molecular flexibility index (Phi) is 6.90. The Balaban J connectivity index is 1.37. The molecule has 37 heavy (non-hydrogen) atoms. The molecule has 3 heterocycles. The zero-order chi connectivity index (χ0) is 26.1. The molecule has 0 unspecified atom stereocenters. The summed E-state index contributed by atoms with van der Waals surface area (Å²) in [5.41, 5.74) is 0.557. The maximum Gasteiger partial charge on any atom is 0.284 e. The van der Waals surface area contributed by atoms with Gasteiger partial charge in [-0.15, -0.1) is 5.10 Å². The van der Waals surface area contributed by atoms with Gasteiger partial charge in [-0.05, 0) is 30.4 Å². The zero-order valence-electron chi connectivity index (χ0n) is 19.6. The lowest BCUT2D eigenvalue weighted by Gasteiger charge is -2.26. The number of nitrogens with one attached hydrogen (secondary N) is 2. The van der Waals surface area contributed by atoms with Crippen LogP contribution in [0.3, 0.4) is 0 Å². The van der Waals surface area contributed by atoms with Gasteiger partial charge in [-0.2, -0.15) is 4.39 Å². The largest absolute Gasteiger partial charge is 0.342 e. The van der Waals surface area contributed by atoms with Crippen LogP contribution in [0.1, 0.15) is 65.9 Å². The number of amides is 2. The molecule has 5 rings (SSSR count). The van der Waals surface area contributed by atoms with Gasteiger partial charge in [0, 0.05) is 12.0 Å². The number of carbonyl (C=O) groups excluding carboxylic acids is 2. The fourth-order valence-corrected chi connectivity index (χ4v) is 4.65. The number of alkyl halides is 3. The van der Waals surface area contributed by atoms with E-state index in [0.29, 0.717) is 11.1 Å². The van der Waals surface area contributed by atoms with Gasteiger partial charge in [0.2, 0.25) is 17.8 Å². The molecule has 2 N–H and O–H groups in total. The number of pyridine rings is 1. The Morgan fingerprint density at radius 1 is 1.14 bits per heavy atom. The van der Waals surface area contributed by atoms with Crippen molar-refractivity contribution in [3.63, 3.8) is 0 Å². The summed E-state index contributed by atoms with van der Waals surface area (Å²) in [5, 5.41) is 11.7. The molecule has 1 aromatic carbocycles. The van der Waals surface area contributed by atoms with E-state index in [0.717, 1.165) is 17.7 Å². The number of rotatable bonds is 8. The van der Waals surface area contributed by atoms with Crippen molar-refractivity contribution < 1.29 is 27.2 Å². The molecular weight excluding hydrogens is 492 g/mol. The summed E-state index contributed by atoms with van der Waals surface area (Å²) in [6.45, 7) is -0.360. The van der Waals surface area contributed by atoms with Gasteiger partial charge in [0.15, 0.2) is 5.69 Å². The van der Waals surface area contributed by atoms with Crippen LogP contribution in [-0.2, 0) is 16.0 Å². The highest BCUT2D eigenvalue weighted by Gasteiger charge is 2.41. The number of benzene rings is 1. The smallest absolute Gasteiger partial charge is 0.284 e. The molecule has 1 aliphatic carbocycles. The number of hydrogen-bond donors (Lipinski definition) is 2. The molecule has 2 aromatic heterocycles. The first-order valence-corrected chi connectivity index (χ1v) is 11.9. The number of halogens is 4. The van der Waals surface area contributed by atoms with Gasteiger partial charge in [-0.3, -0.25) is 14.7 Å². The summed E-state index contributed by atoms with van der Waals surface area (Å²) < 4.78 is 55.4. The topological polar surface area (TPSA) is 104 Å². The summed E-state index contributed by atoms with van der Waals surface area (Å²) in [6, 6.07) is 10.1. The summed E-state index contributed by atoms with van der Waals surface area (Å²) >= 11 is 0. The van der Waals surface area contributed by atoms with Gasteiger partial charge in [0.05, 0.1) is 30.4 Å². The Morgan fingerprint density at radius 3 is 2.57 bits per heavy atom. The second kappa shape index (κ2) is 10.3. The van der Waals surface area contributed by atoms with Gasteiger partial charge in [-0.1, -0.05) is 41.6 Å². The van der Waals surface area contributed by atoms with Crippen molar-refractivity contribution in [3.05, 3.63) is 76.6 Å². The molecule has 0 spiro atoms. The van der Waals surface area contributed by atoms with Gasteiger partial charge in [0.1, 0.15) is 12.2 Å². The minimum absolute atomic E-state index is 0.154. The molecule has 3 atom stereocenters. The monoisotopic (exact) mass is 516 g/mol. The van der Waals surface area contributed by atoms with Crippen LogP contribution in [0.2, 0.25) is 0 Å². The average Bonchev–Trinajstić information content (AvgIpc) is 3.48. The molecule has 3 aromatic rings. The van der Waals surface area contributed by atoms with E-state index in [1.807, 2.05) is 0 Å². The Labute approximate surface area is 209 Å². The van der Waals surface area contributed by atoms with Crippen LogP contribution < -0.4 is 5.32 Å². The van der Waals surface area contributed by atoms with E-state index in [-0.39, 0.29) is 30.3 Å². The maximum atomic E-state index is 14.8. The molecule has 1 saturated heterocycles. The fraction of sp³-hybridized carbons (Fsp3) is 0.400.